The van der Waals surface area contributed by atoms with Crippen molar-refractivity contribution in [2.24, 2.45) is 0 Å². The molecule has 1 unspecified atom stereocenters. The number of nitrogens with zero attached hydrogens (tertiary/aromatic N) is 1. The van der Waals surface area contributed by atoms with Gasteiger partial charge in [-0.25, -0.2) is 14.4 Å². The summed E-state index contributed by atoms with van der Waals surface area (Å²) in [5, 5.41) is 8.35. The van der Waals surface area contributed by atoms with Crippen molar-refractivity contribution >= 4 is 45.3 Å². The van der Waals surface area contributed by atoms with Crippen molar-refractivity contribution in [1.29, 1.82) is 0 Å². The summed E-state index contributed by atoms with van der Waals surface area (Å²) in [6.45, 7) is 3.99. The number of benzene rings is 2. The average molecular weight is 487 g/mol. The average Bonchev–Trinajstić information content (AvgIpc) is 2.75. The molecule has 0 aromatic heterocycles. The Morgan fingerprint density at radius 2 is 1.61 bits per heavy atom. The van der Waals surface area contributed by atoms with E-state index in [1.807, 2.05) is 19.1 Å². The fourth-order valence-corrected chi connectivity index (χ4v) is 3.64. The Hall–Kier alpha value is -3.33. The van der Waals surface area contributed by atoms with E-state index in [1.165, 1.54) is 12.0 Å². The maximum Gasteiger partial charge on any atom is 0.337 e. The first-order chi connectivity index (χ1) is 14.8. The molecule has 1 aliphatic heterocycles. The molecule has 0 bridgehead atoms. The molecular weight excluding hydrogens is 464 g/mol. The third-order valence-electron chi connectivity index (χ3n) is 4.92. The fourth-order valence-electron chi connectivity index (χ4n) is 3.37. The minimum Gasteiger partial charge on any atom is -0.466 e. The van der Waals surface area contributed by atoms with Crippen LogP contribution in [0.1, 0.15) is 25.5 Å². The highest BCUT2D eigenvalue weighted by molar-refractivity contribution is 9.10. The zero-order valence-electron chi connectivity index (χ0n) is 17.4. The van der Waals surface area contributed by atoms with Gasteiger partial charge in [0.05, 0.1) is 18.7 Å². The molecule has 0 radical (unpaired) electrons. The van der Waals surface area contributed by atoms with Gasteiger partial charge in [-0.1, -0.05) is 28.1 Å². The zero-order chi connectivity index (χ0) is 22.5. The van der Waals surface area contributed by atoms with Crippen molar-refractivity contribution in [3.05, 3.63) is 69.8 Å². The lowest BCUT2D eigenvalue weighted by atomic mass is 9.94. The second kappa shape index (κ2) is 9.65. The van der Waals surface area contributed by atoms with Crippen LogP contribution in [0.4, 0.5) is 21.0 Å². The summed E-state index contributed by atoms with van der Waals surface area (Å²) in [7, 11) is 1.31. The third-order valence-corrected chi connectivity index (χ3v) is 5.45. The Morgan fingerprint density at radius 3 is 2.13 bits per heavy atom. The number of hydrogen-bond acceptors (Lipinski definition) is 4. The number of carbonyl (C=O) groups is 3. The Bertz CT molecular complexity index is 1020. The van der Waals surface area contributed by atoms with Crippen molar-refractivity contribution in [3.8, 4) is 0 Å². The molecule has 2 aromatic carbocycles. The zero-order valence-corrected chi connectivity index (χ0v) is 18.9. The summed E-state index contributed by atoms with van der Waals surface area (Å²) in [6, 6.07) is 12.8. The molecule has 1 atom stereocenters. The summed E-state index contributed by atoms with van der Waals surface area (Å²) in [5.41, 5.74) is 2.85. The highest BCUT2D eigenvalue weighted by Gasteiger charge is 2.35. The van der Waals surface area contributed by atoms with Crippen LogP contribution in [0.15, 0.2) is 64.3 Å². The Labute approximate surface area is 188 Å². The van der Waals surface area contributed by atoms with Crippen LogP contribution in [0.3, 0.4) is 0 Å². The van der Waals surface area contributed by atoms with Crippen LogP contribution in [0.2, 0.25) is 0 Å². The van der Waals surface area contributed by atoms with Crippen molar-refractivity contribution in [2.45, 2.75) is 19.9 Å². The summed E-state index contributed by atoms with van der Waals surface area (Å²) in [6.07, 6.45) is 0. The van der Waals surface area contributed by atoms with Gasteiger partial charge in [-0.2, -0.15) is 0 Å². The number of methoxy groups -OCH3 is 1. The number of anilines is 2. The van der Waals surface area contributed by atoms with Gasteiger partial charge in [0.1, 0.15) is 0 Å². The number of ether oxygens (including phenoxy) is 1. The van der Waals surface area contributed by atoms with Crippen molar-refractivity contribution in [1.82, 2.24) is 10.2 Å². The van der Waals surface area contributed by atoms with Crippen LogP contribution in [-0.2, 0) is 9.53 Å². The standard InChI is InChI=1S/C22H23BrN4O4/c1-4-27-13(2)18(20(28)31-3)19(26-22(27)30)14-5-9-16(10-6-14)24-21(29)25-17-11-7-15(23)8-12-17/h5-12,19H,4H2,1-3H3,(H,26,30)(H2,24,25,29). The molecule has 3 N–H and O–H groups in total. The number of nitrogens with one attached hydrogen (secondary N) is 3. The Morgan fingerprint density at radius 1 is 1.06 bits per heavy atom. The predicted molar refractivity (Wildman–Crippen MR) is 122 cm³/mol. The molecular formula is C22H23BrN4O4. The molecule has 0 saturated carbocycles. The number of esters is 1. The van der Waals surface area contributed by atoms with Gasteiger partial charge in [0.25, 0.3) is 0 Å². The van der Waals surface area contributed by atoms with E-state index < -0.39 is 12.0 Å². The van der Waals surface area contributed by atoms with E-state index in [-0.39, 0.29) is 12.1 Å². The van der Waals surface area contributed by atoms with Crippen LogP contribution in [-0.4, -0.2) is 36.6 Å². The summed E-state index contributed by atoms with van der Waals surface area (Å²) in [5.74, 6) is -0.503. The van der Waals surface area contributed by atoms with E-state index >= 15 is 0 Å². The number of amides is 4. The van der Waals surface area contributed by atoms with Crippen LogP contribution in [0.5, 0.6) is 0 Å². The van der Waals surface area contributed by atoms with E-state index in [4.69, 9.17) is 4.74 Å². The topological polar surface area (TPSA) is 99.8 Å². The van der Waals surface area contributed by atoms with E-state index in [0.717, 1.165) is 4.47 Å². The molecule has 0 saturated heterocycles. The number of hydrogen-bond donors (Lipinski definition) is 3. The third kappa shape index (κ3) is 5.05. The van der Waals surface area contributed by atoms with Gasteiger partial charge in [-0.3, -0.25) is 4.90 Å². The van der Waals surface area contributed by atoms with Gasteiger partial charge in [-0.15, -0.1) is 0 Å². The van der Waals surface area contributed by atoms with E-state index in [0.29, 0.717) is 34.8 Å². The SMILES string of the molecule is CCN1C(=O)NC(c2ccc(NC(=O)Nc3ccc(Br)cc3)cc2)C(C(=O)OC)=C1C. The maximum absolute atomic E-state index is 12.4. The highest BCUT2D eigenvalue weighted by Crippen LogP contribution is 2.31. The molecule has 1 aliphatic rings. The highest BCUT2D eigenvalue weighted by atomic mass is 79.9. The molecule has 31 heavy (non-hydrogen) atoms. The molecule has 8 nitrogen and oxygen atoms in total. The smallest absolute Gasteiger partial charge is 0.337 e. The largest absolute Gasteiger partial charge is 0.466 e. The second-order valence-corrected chi connectivity index (χ2v) is 7.74. The van der Waals surface area contributed by atoms with Crippen molar-refractivity contribution in [3.63, 3.8) is 0 Å². The Balaban J connectivity index is 1.77. The van der Waals surface area contributed by atoms with Crippen molar-refractivity contribution < 1.29 is 19.1 Å². The van der Waals surface area contributed by atoms with E-state index in [9.17, 15) is 14.4 Å². The molecule has 162 valence electrons. The van der Waals surface area contributed by atoms with Crippen LogP contribution in [0.25, 0.3) is 0 Å². The van der Waals surface area contributed by atoms with E-state index in [2.05, 4.69) is 31.9 Å². The van der Waals surface area contributed by atoms with Gasteiger partial charge >= 0.3 is 18.0 Å². The number of carbonyl (C=O) groups excluding carboxylic acids is 3. The minimum absolute atomic E-state index is 0.284. The first-order valence-corrected chi connectivity index (χ1v) is 10.4. The van der Waals surface area contributed by atoms with Gasteiger partial charge in [0.15, 0.2) is 0 Å². The molecule has 4 amide bonds. The first kappa shape index (κ1) is 22.4. The molecule has 3 rings (SSSR count). The lowest BCUT2D eigenvalue weighted by molar-refractivity contribution is -0.136. The molecule has 9 heteroatoms. The summed E-state index contributed by atoms with van der Waals surface area (Å²) < 4.78 is 5.86. The fraction of sp³-hybridized carbons (Fsp3) is 0.227. The second-order valence-electron chi connectivity index (χ2n) is 6.83. The number of halogens is 1. The van der Waals surface area contributed by atoms with Gasteiger partial charge in [-0.05, 0) is 55.8 Å². The Kier molecular flexibility index (Phi) is 6.96. The number of rotatable bonds is 5. The van der Waals surface area contributed by atoms with Crippen LogP contribution in [0, 0.1) is 0 Å². The van der Waals surface area contributed by atoms with Crippen LogP contribution < -0.4 is 16.0 Å². The summed E-state index contributed by atoms with van der Waals surface area (Å²) >= 11 is 3.35. The van der Waals surface area contributed by atoms with Gasteiger partial charge in [0.2, 0.25) is 0 Å². The van der Waals surface area contributed by atoms with Crippen LogP contribution >= 0.6 is 15.9 Å². The molecule has 2 aromatic rings. The maximum atomic E-state index is 12.4. The monoisotopic (exact) mass is 486 g/mol. The van der Waals surface area contributed by atoms with Gasteiger partial charge in [0, 0.05) is 28.1 Å². The van der Waals surface area contributed by atoms with Crippen molar-refractivity contribution in [2.75, 3.05) is 24.3 Å². The number of allylic oxidation sites excluding steroid dienone is 1. The predicted octanol–water partition coefficient (Wildman–Crippen LogP) is 4.63. The normalized spacial score (nSPS) is 15.9. The first-order valence-electron chi connectivity index (χ1n) is 9.64. The number of urea groups is 2. The molecule has 0 spiro atoms. The minimum atomic E-state index is -0.645. The lowest BCUT2D eigenvalue weighted by Crippen LogP contribution is -2.47. The lowest BCUT2D eigenvalue weighted by Gasteiger charge is -2.34. The van der Waals surface area contributed by atoms with Gasteiger partial charge < -0.3 is 20.7 Å². The van der Waals surface area contributed by atoms with E-state index in [1.54, 1.807) is 43.3 Å². The molecule has 0 fully saturated rings. The summed E-state index contributed by atoms with van der Waals surface area (Å²) in [4.78, 5) is 38.6. The molecule has 1 heterocycles. The molecule has 0 aliphatic carbocycles. The quantitative estimate of drug-likeness (QED) is 0.536.